The van der Waals surface area contributed by atoms with Gasteiger partial charge in [-0.2, -0.15) is 0 Å². The Morgan fingerprint density at radius 2 is 2.23 bits per heavy atom. The predicted octanol–water partition coefficient (Wildman–Crippen LogP) is 2.45. The lowest BCUT2D eigenvalue weighted by molar-refractivity contribution is 0.299. The lowest BCUT2D eigenvalue weighted by atomic mass is 10.2. The van der Waals surface area contributed by atoms with Gasteiger partial charge in [-0.25, -0.2) is 0 Å². The highest BCUT2D eigenvalue weighted by Crippen LogP contribution is 2.27. The van der Waals surface area contributed by atoms with Crippen molar-refractivity contribution in [2.75, 3.05) is 11.9 Å². The van der Waals surface area contributed by atoms with Crippen LogP contribution in [0.25, 0.3) is 0 Å². The summed E-state index contributed by atoms with van der Waals surface area (Å²) in [5.41, 5.74) is 0.969. The highest BCUT2D eigenvalue weighted by atomic mass is 32.1. The number of anilines is 1. The summed E-state index contributed by atoms with van der Waals surface area (Å²) in [5, 5.41) is 3.18. The summed E-state index contributed by atoms with van der Waals surface area (Å²) in [7, 11) is 0. The number of hydrogen-bond donors (Lipinski definition) is 1. The molecule has 0 saturated heterocycles. The molecular weight excluding hydrogens is 182 g/mol. The van der Waals surface area contributed by atoms with E-state index in [4.69, 9.17) is 17.0 Å². The zero-order valence-electron chi connectivity index (χ0n) is 7.41. The maximum atomic E-state index is 5.58. The van der Waals surface area contributed by atoms with Crippen LogP contribution in [0.15, 0.2) is 24.3 Å². The van der Waals surface area contributed by atoms with E-state index in [9.17, 15) is 0 Å². The van der Waals surface area contributed by atoms with Gasteiger partial charge in [-0.3, -0.25) is 0 Å². The molecule has 0 saturated carbocycles. The van der Waals surface area contributed by atoms with Crippen molar-refractivity contribution in [3.05, 3.63) is 24.3 Å². The Balaban J connectivity index is 2.35. The molecule has 0 aromatic heterocycles. The van der Waals surface area contributed by atoms with E-state index in [2.05, 4.69) is 12.2 Å². The van der Waals surface area contributed by atoms with Crippen LogP contribution in [-0.2, 0) is 0 Å². The number of ether oxygens (including phenoxy) is 1. The monoisotopic (exact) mass is 193 g/mol. The standard InChI is InChI=1S/C10H11NOS/c1-7-6-12-9-5-3-2-4-8(9)11-10(7)13/h2-5,7H,6H2,1H3,(H,11,13). The molecule has 3 heteroatoms. The Bertz CT molecular complexity index is 337. The van der Waals surface area contributed by atoms with Crippen molar-refractivity contribution in [2.24, 2.45) is 5.92 Å². The van der Waals surface area contributed by atoms with E-state index in [1.54, 1.807) is 0 Å². The van der Waals surface area contributed by atoms with E-state index < -0.39 is 0 Å². The number of para-hydroxylation sites is 2. The molecule has 2 nitrogen and oxygen atoms in total. The van der Waals surface area contributed by atoms with E-state index in [0.29, 0.717) is 6.61 Å². The summed E-state index contributed by atoms with van der Waals surface area (Å²) < 4.78 is 5.58. The molecule has 1 heterocycles. The van der Waals surface area contributed by atoms with Crippen LogP contribution < -0.4 is 10.1 Å². The van der Waals surface area contributed by atoms with Gasteiger partial charge < -0.3 is 10.1 Å². The molecule has 1 N–H and O–H groups in total. The number of hydrogen-bond acceptors (Lipinski definition) is 2. The minimum atomic E-state index is 0.280. The molecule has 2 rings (SSSR count). The molecule has 0 aliphatic carbocycles. The first-order valence-electron chi connectivity index (χ1n) is 4.30. The Morgan fingerprint density at radius 3 is 3.08 bits per heavy atom. The average Bonchev–Trinajstić information content (AvgIpc) is 2.28. The van der Waals surface area contributed by atoms with Gasteiger partial charge in [0.1, 0.15) is 5.75 Å². The zero-order valence-corrected chi connectivity index (χ0v) is 8.23. The first kappa shape index (κ1) is 8.51. The Morgan fingerprint density at radius 1 is 1.46 bits per heavy atom. The smallest absolute Gasteiger partial charge is 0.142 e. The summed E-state index contributed by atoms with van der Waals surface area (Å²) in [6, 6.07) is 7.84. The van der Waals surface area contributed by atoms with E-state index in [1.165, 1.54) is 0 Å². The number of benzene rings is 1. The summed E-state index contributed by atoms with van der Waals surface area (Å²) in [5.74, 6) is 1.16. The van der Waals surface area contributed by atoms with Crippen LogP contribution in [-0.4, -0.2) is 11.6 Å². The molecule has 1 aliphatic rings. The molecule has 13 heavy (non-hydrogen) atoms. The molecule has 1 aromatic carbocycles. The number of nitrogens with one attached hydrogen (secondary N) is 1. The van der Waals surface area contributed by atoms with Gasteiger partial charge in [-0.15, -0.1) is 0 Å². The van der Waals surface area contributed by atoms with Gasteiger partial charge in [0.25, 0.3) is 0 Å². The van der Waals surface area contributed by atoms with E-state index in [1.807, 2.05) is 24.3 Å². The molecule has 0 amide bonds. The highest BCUT2D eigenvalue weighted by Gasteiger charge is 2.16. The fourth-order valence-corrected chi connectivity index (χ4v) is 1.42. The SMILES string of the molecule is CC1COc2ccccc2NC1=S. The van der Waals surface area contributed by atoms with Crippen molar-refractivity contribution in [2.45, 2.75) is 6.92 Å². The number of fused-ring (bicyclic) bond motifs is 1. The van der Waals surface area contributed by atoms with Gasteiger partial charge in [0.15, 0.2) is 0 Å². The molecule has 1 aliphatic heterocycles. The topological polar surface area (TPSA) is 21.3 Å². The summed E-state index contributed by atoms with van der Waals surface area (Å²) in [6.07, 6.45) is 0. The summed E-state index contributed by atoms with van der Waals surface area (Å²) in [4.78, 5) is 0.852. The van der Waals surface area contributed by atoms with Gasteiger partial charge in [0.2, 0.25) is 0 Å². The maximum absolute atomic E-state index is 5.58. The third-order valence-corrected chi connectivity index (χ3v) is 2.59. The Hall–Kier alpha value is -1.09. The third kappa shape index (κ3) is 1.65. The van der Waals surface area contributed by atoms with Crippen LogP contribution in [0.1, 0.15) is 6.92 Å². The summed E-state index contributed by atoms with van der Waals surface area (Å²) >= 11 is 5.20. The fourth-order valence-electron chi connectivity index (χ4n) is 1.24. The maximum Gasteiger partial charge on any atom is 0.142 e. The lowest BCUT2D eigenvalue weighted by Gasteiger charge is -2.07. The molecule has 1 unspecified atom stereocenters. The summed E-state index contributed by atoms with van der Waals surface area (Å²) in [6.45, 7) is 2.71. The van der Waals surface area contributed by atoms with Crippen LogP contribution in [0.3, 0.4) is 0 Å². The van der Waals surface area contributed by atoms with E-state index in [0.717, 1.165) is 16.4 Å². The second-order valence-electron chi connectivity index (χ2n) is 3.20. The van der Waals surface area contributed by atoms with Crippen LogP contribution in [0.4, 0.5) is 5.69 Å². The number of rotatable bonds is 0. The molecule has 1 aromatic rings. The third-order valence-electron chi connectivity index (χ3n) is 2.08. The van der Waals surface area contributed by atoms with Crippen LogP contribution >= 0.6 is 12.2 Å². The molecule has 1 atom stereocenters. The normalized spacial score (nSPS) is 21.0. The van der Waals surface area contributed by atoms with Gasteiger partial charge in [0.05, 0.1) is 17.3 Å². The van der Waals surface area contributed by atoms with Crippen molar-refractivity contribution in [1.82, 2.24) is 0 Å². The minimum absolute atomic E-state index is 0.280. The molecular formula is C10H11NOS. The average molecular weight is 193 g/mol. The predicted molar refractivity (Wildman–Crippen MR) is 57.3 cm³/mol. The Kier molecular flexibility index (Phi) is 2.19. The first-order valence-corrected chi connectivity index (χ1v) is 4.71. The van der Waals surface area contributed by atoms with Crippen molar-refractivity contribution < 1.29 is 4.74 Å². The fraction of sp³-hybridized carbons (Fsp3) is 0.300. The second-order valence-corrected chi connectivity index (χ2v) is 3.64. The minimum Gasteiger partial charge on any atom is -0.491 e. The second kappa shape index (κ2) is 3.34. The lowest BCUT2D eigenvalue weighted by Crippen LogP contribution is -2.20. The van der Waals surface area contributed by atoms with Crippen LogP contribution in [0.5, 0.6) is 5.75 Å². The van der Waals surface area contributed by atoms with Gasteiger partial charge in [-0.1, -0.05) is 31.3 Å². The number of thiocarbonyl (C=S) groups is 1. The van der Waals surface area contributed by atoms with Crippen LogP contribution in [0.2, 0.25) is 0 Å². The van der Waals surface area contributed by atoms with E-state index in [-0.39, 0.29) is 5.92 Å². The Labute approximate surface area is 82.9 Å². The van der Waals surface area contributed by atoms with Crippen LogP contribution in [0, 0.1) is 5.92 Å². The van der Waals surface area contributed by atoms with Crippen molar-refractivity contribution >= 4 is 22.9 Å². The quantitative estimate of drug-likeness (QED) is 0.639. The molecule has 68 valence electrons. The molecule has 0 bridgehead atoms. The zero-order chi connectivity index (χ0) is 9.26. The molecule has 0 fully saturated rings. The van der Waals surface area contributed by atoms with Crippen molar-refractivity contribution in [3.63, 3.8) is 0 Å². The molecule has 0 spiro atoms. The van der Waals surface area contributed by atoms with Gasteiger partial charge >= 0.3 is 0 Å². The highest BCUT2D eigenvalue weighted by molar-refractivity contribution is 7.80. The van der Waals surface area contributed by atoms with E-state index >= 15 is 0 Å². The van der Waals surface area contributed by atoms with Crippen molar-refractivity contribution in [3.8, 4) is 5.75 Å². The largest absolute Gasteiger partial charge is 0.491 e. The molecule has 0 radical (unpaired) electrons. The first-order chi connectivity index (χ1) is 6.27. The van der Waals surface area contributed by atoms with Crippen molar-refractivity contribution in [1.29, 1.82) is 0 Å². The van der Waals surface area contributed by atoms with Gasteiger partial charge in [-0.05, 0) is 12.1 Å². The van der Waals surface area contributed by atoms with Gasteiger partial charge in [0, 0.05) is 5.92 Å².